The minimum atomic E-state index is -0.217. The Morgan fingerprint density at radius 3 is 2.43 bits per heavy atom. The number of phenolic OH excluding ortho intramolecular Hbond substituents is 1. The number of carbonyl (C=O) groups excluding carboxylic acids is 1. The van der Waals surface area contributed by atoms with Crippen molar-refractivity contribution in [2.75, 3.05) is 11.1 Å². The molecule has 2 aromatic rings. The number of nitrogen functional groups attached to an aromatic ring is 1. The number of aromatic hydroxyl groups is 1. The Morgan fingerprint density at radius 1 is 1.07 bits per heavy atom. The second-order valence-corrected chi connectivity index (χ2v) is 9.54. The second-order valence-electron chi connectivity index (χ2n) is 7.27. The second kappa shape index (κ2) is 8.21. The minimum absolute atomic E-state index is 0.0422. The first-order chi connectivity index (χ1) is 13.3. The monoisotopic (exact) mass is 443 g/mol. The van der Waals surface area contributed by atoms with Crippen LogP contribution >= 0.6 is 0 Å². The van der Waals surface area contributed by atoms with Crippen LogP contribution in [-0.2, 0) is 0 Å². The molecule has 5 nitrogen and oxygen atoms in total. The van der Waals surface area contributed by atoms with Gasteiger partial charge in [0.25, 0.3) is 0 Å². The fourth-order valence-corrected chi connectivity index (χ4v) is 5.04. The van der Waals surface area contributed by atoms with E-state index in [1.807, 2.05) is 58.0 Å². The van der Waals surface area contributed by atoms with E-state index < -0.39 is 0 Å². The standard InChI is InChI=1S/C22H25N3O2Se/c1-12(2)24-15-9-10-17(26)20-16(25-13(3)4)11-19(22(27)21(15)20)28-18-8-6-5-7-14(18)23/h5-13,25,27H,23H2,1-4H3. The molecule has 0 radical (unpaired) electrons. The van der Waals surface area contributed by atoms with E-state index >= 15 is 0 Å². The van der Waals surface area contributed by atoms with Crippen molar-refractivity contribution in [2.24, 2.45) is 4.99 Å². The molecule has 1 aliphatic rings. The molecule has 6 heteroatoms. The van der Waals surface area contributed by atoms with Crippen molar-refractivity contribution in [2.45, 2.75) is 39.8 Å². The van der Waals surface area contributed by atoms with Crippen molar-refractivity contribution in [1.29, 1.82) is 0 Å². The average molecular weight is 442 g/mol. The van der Waals surface area contributed by atoms with Crippen molar-refractivity contribution in [3.8, 4) is 5.75 Å². The van der Waals surface area contributed by atoms with E-state index in [9.17, 15) is 9.90 Å². The van der Waals surface area contributed by atoms with Gasteiger partial charge in [-0.25, -0.2) is 0 Å². The summed E-state index contributed by atoms with van der Waals surface area (Å²) in [5.41, 5.74) is 9.17. The van der Waals surface area contributed by atoms with Gasteiger partial charge in [0, 0.05) is 0 Å². The zero-order chi connectivity index (χ0) is 20.4. The number of hydrogen-bond acceptors (Lipinski definition) is 5. The van der Waals surface area contributed by atoms with E-state index in [2.05, 4.69) is 10.3 Å². The summed E-state index contributed by atoms with van der Waals surface area (Å²) in [6.45, 7) is 7.98. The van der Waals surface area contributed by atoms with Crippen molar-refractivity contribution in [3.63, 3.8) is 0 Å². The SMILES string of the molecule is CC(C)N=C1C=CC(=O)c2c(NC(C)C)cc([Se]c3ccccc3N)c(O)c21. The van der Waals surface area contributed by atoms with Gasteiger partial charge in [-0.15, -0.1) is 0 Å². The van der Waals surface area contributed by atoms with Gasteiger partial charge in [0.15, 0.2) is 0 Å². The Labute approximate surface area is 171 Å². The number of nitrogens with zero attached hydrogens (tertiary/aromatic N) is 1. The van der Waals surface area contributed by atoms with E-state index in [-0.39, 0.29) is 38.6 Å². The predicted octanol–water partition coefficient (Wildman–Crippen LogP) is 2.40. The number of fused-ring (bicyclic) bond motifs is 1. The summed E-state index contributed by atoms with van der Waals surface area (Å²) in [5.74, 6) is -0.0147. The number of phenols is 1. The molecule has 0 spiro atoms. The summed E-state index contributed by atoms with van der Waals surface area (Å²) < 4.78 is 1.76. The first-order valence-electron chi connectivity index (χ1n) is 9.27. The van der Waals surface area contributed by atoms with Gasteiger partial charge in [-0.3, -0.25) is 0 Å². The van der Waals surface area contributed by atoms with E-state index in [4.69, 9.17) is 5.73 Å². The molecule has 28 heavy (non-hydrogen) atoms. The van der Waals surface area contributed by atoms with E-state index in [1.165, 1.54) is 6.08 Å². The van der Waals surface area contributed by atoms with Gasteiger partial charge in [-0.2, -0.15) is 0 Å². The maximum atomic E-state index is 12.7. The molecule has 0 unspecified atom stereocenters. The number of rotatable bonds is 5. The van der Waals surface area contributed by atoms with Gasteiger partial charge in [0.05, 0.1) is 0 Å². The first kappa shape index (κ1) is 20.2. The molecule has 146 valence electrons. The number of para-hydroxylation sites is 1. The number of nitrogens with one attached hydrogen (secondary N) is 1. The molecule has 2 aromatic carbocycles. The molecule has 0 saturated carbocycles. The molecule has 0 saturated heterocycles. The molecule has 0 fully saturated rings. The number of allylic oxidation sites excluding steroid dienone is 2. The Bertz CT molecular complexity index is 978. The summed E-state index contributed by atoms with van der Waals surface area (Å²) in [6, 6.07) is 9.72. The van der Waals surface area contributed by atoms with Crippen LogP contribution in [0.5, 0.6) is 5.75 Å². The van der Waals surface area contributed by atoms with Crippen LogP contribution < -0.4 is 20.0 Å². The van der Waals surface area contributed by atoms with E-state index in [0.717, 1.165) is 14.6 Å². The Hall–Kier alpha value is -2.56. The molecule has 3 rings (SSSR count). The van der Waals surface area contributed by atoms with Crippen molar-refractivity contribution < 1.29 is 9.90 Å². The van der Waals surface area contributed by atoms with Gasteiger partial charge >= 0.3 is 172 Å². The topological polar surface area (TPSA) is 87.7 Å². The van der Waals surface area contributed by atoms with Crippen LogP contribution in [0.1, 0.15) is 43.6 Å². The van der Waals surface area contributed by atoms with Crippen LogP contribution in [0.25, 0.3) is 0 Å². The summed E-state index contributed by atoms with van der Waals surface area (Å²) in [5, 5.41) is 14.5. The average Bonchev–Trinajstić information content (AvgIpc) is 2.61. The molecule has 1 aliphatic carbocycles. The van der Waals surface area contributed by atoms with Gasteiger partial charge in [0.1, 0.15) is 0 Å². The van der Waals surface area contributed by atoms with E-state index in [1.54, 1.807) is 6.08 Å². The fourth-order valence-electron chi connectivity index (χ4n) is 3.05. The quantitative estimate of drug-likeness (QED) is 0.377. The van der Waals surface area contributed by atoms with Crippen LogP contribution in [-0.4, -0.2) is 43.6 Å². The van der Waals surface area contributed by atoms with Crippen molar-refractivity contribution in [1.82, 2.24) is 0 Å². The molecule has 0 aliphatic heterocycles. The van der Waals surface area contributed by atoms with Gasteiger partial charge in [-0.05, 0) is 0 Å². The molecule has 0 bridgehead atoms. The fraction of sp³-hybridized carbons (Fsp3) is 0.273. The zero-order valence-corrected chi connectivity index (χ0v) is 18.2. The van der Waals surface area contributed by atoms with Crippen LogP contribution in [0.3, 0.4) is 0 Å². The van der Waals surface area contributed by atoms with Crippen LogP contribution in [0, 0.1) is 0 Å². The Kier molecular flexibility index (Phi) is 5.92. The molecule has 0 amide bonds. The number of ketones is 1. The molecule has 0 aromatic heterocycles. The van der Waals surface area contributed by atoms with Crippen molar-refractivity contribution in [3.05, 3.63) is 53.6 Å². The Morgan fingerprint density at radius 2 is 1.79 bits per heavy atom. The molecular weight excluding hydrogens is 417 g/mol. The number of hydrogen-bond donors (Lipinski definition) is 3. The summed E-state index contributed by atoms with van der Waals surface area (Å²) in [6.07, 6.45) is 3.21. The number of benzene rings is 2. The molecule has 0 heterocycles. The van der Waals surface area contributed by atoms with Gasteiger partial charge < -0.3 is 0 Å². The Balaban J connectivity index is 2.23. The van der Waals surface area contributed by atoms with Gasteiger partial charge in [0.2, 0.25) is 0 Å². The third-order valence-corrected chi connectivity index (χ3v) is 6.50. The zero-order valence-electron chi connectivity index (χ0n) is 16.5. The van der Waals surface area contributed by atoms with Crippen molar-refractivity contribution >= 4 is 46.8 Å². The number of anilines is 2. The number of carbonyl (C=O) groups is 1. The number of nitrogens with two attached hydrogens (primary N) is 1. The summed E-state index contributed by atoms with van der Waals surface area (Å²) in [7, 11) is 0. The van der Waals surface area contributed by atoms with Crippen LogP contribution in [0.15, 0.2) is 47.5 Å². The predicted molar refractivity (Wildman–Crippen MR) is 118 cm³/mol. The first-order valence-corrected chi connectivity index (χ1v) is 11.0. The third kappa shape index (κ3) is 4.13. The molecule has 4 N–H and O–H groups in total. The van der Waals surface area contributed by atoms with Crippen LogP contribution in [0.2, 0.25) is 0 Å². The van der Waals surface area contributed by atoms with Crippen LogP contribution in [0.4, 0.5) is 11.4 Å². The van der Waals surface area contributed by atoms with Gasteiger partial charge in [-0.1, -0.05) is 0 Å². The molecular formula is C22H25N3O2Se. The molecule has 0 atom stereocenters. The maximum absolute atomic E-state index is 12.7. The summed E-state index contributed by atoms with van der Waals surface area (Å²) in [4.78, 5) is 17.3. The number of aliphatic imine (C=N–C) groups is 1. The van der Waals surface area contributed by atoms with E-state index in [0.29, 0.717) is 22.5 Å². The normalized spacial score (nSPS) is 14.8. The third-order valence-electron chi connectivity index (χ3n) is 4.14. The summed E-state index contributed by atoms with van der Waals surface area (Å²) >= 11 is -0.217.